The molecule has 0 unspecified atom stereocenters. The van der Waals surface area contributed by atoms with E-state index in [4.69, 9.17) is 0 Å². The maximum absolute atomic E-state index is 3.83. The molecule has 0 N–H and O–H groups in total. The Morgan fingerprint density at radius 1 is 1.31 bits per heavy atom. The molecule has 74 valence electrons. The molecule has 0 aromatic rings. The van der Waals surface area contributed by atoms with Crippen LogP contribution in [0.3, 0.4) is 0 Å². The molecule has 0 amide bonds. The van der Waals surface area contributed by atoms with E-state index in [9.17, 15) is 0 Å². The van der Waals surface area contributed by atoms with Crippen LogP contribution in [0.15, 0.2) is 36.5 Å². The lowest BCUT2D eigenvalue weighted by Gasteiger charge is -2.33. The molecule has 0 bridgehead atoms. The van der Waals surface area contributed by atoms with E-state index in [2.05, 4.69) is 45.5 Å². The molecule has 0 radical (unpaired) electrons. The quantitative estimate of drug-likeness (QED) is 0.600. The molecule has 0 atom stereocenters. The number of hydrogen-bond donors (Lipinski definition) is 0. The minimum Gasteiger partial charge on any atom is -0.300 e. The van der Waals surface area contributed by atoms with Gasteiger partial charge in [0.2, 0.25) is 0 Å². The highest BCUT2D eigenvalue weighted by atomic mass is 15.1. The van der Waals surface area contributed by atoms with Gasteiger partial charge in [0.05, 0.1) is 0 Å². The summed E-state index contributed by atoms with van der Waals surface area (Å²) in [4.78, 5) is 2.18. The zero-order valence-corrected chi connectivity index (χ0v) is 9.46. The van der Waals surface area contributed by atoms with E-state index in [0.29, 0.717) is 0 Å². The smallest absolute Gasteiger partial charge is 0.0398 e. The van der Waals surface area contributed by atoms with E-state index in [0.717, 1.165) is 0 Å². The topological polar surface area (TPSA) is 3.24 Å². The van der Waals surface area contributed by atoms with Crippen molar-refractivity contribution in [2.75, 3.05) is 14.1 Å². The van der Waals surface area contributed by atoms with Gasteiger partial charge in [-0.1, -0.05) is 30.9 Å². The van der Waals surface area contributed by atoms with Crippen LogP contribution in [-0.4, -0.2) is 24.5 Å². The molecule has 13 heavy (non-hydrogen) atoms. The first-order valence-corrected chi connectivity index (χ1v) is 4.60. The van der Waals surface area contributed by atoms with E-state index >= 15 is 0 Å². The Labute approximate surface area is 82.4 Å². The van der Waals surface area contributed by atoms with Crippen LogP contribution in [0.4, 0.5) is 0 Å². The van der Waals surface area contributed by atoms with E-state index in [1.54, 1.807) is 0 Å². The van der Waals surface area contributed by atoms with Crippen LogP contribution in [0, 0.1) is 0 Å². The summed E-state index contributed by atoms with van der Waals surface area (Å²) in [7, 11) is 4.15. The Morgan fingerprint density at radius 3 is 2.15 bits per heavy atom. The van der Waals surface area contributed by atoms with Gasteiger partial charge in [-0.15, -0.1) is 0 Å². The lowest BCUT2D eigenvalue weighted by molar-refractivity contribution is 0.242. The monoisotopic (exact) mass is 179 g/mol. The van der Waals surface area contributed by atoms with Gasteiger partial charge in [0.15, 0.2) is 0 Å². The Balaban J connectivity index is 4.86. The first-order chi connectivity index (χ1) is 5.96. The molecule has 0 spiro atoms. The minimum absolute atomic E-state index is 0.0429. The maximum Gasteiger partial charge on any atom is 0.0398 e. The van der Waals surface area contributed by atoms with Crippen molar-refractivity contribution in [3.63, 3.8) is 0 Å². The third kappa shape index (κ3) is 3.19. The summed E-state index contributed by atoms with van der Waals surface area (Å²) in [6.07, 6.45) is 8.09. The van der Waals surface area contributed by atoms with E-state index in [1.165, 1.54) is 5.57 Å². The average Bonchev–Trinajstić information content (AvgIpc) is 2.05. The molecule has 1 nitrogen and oxygen atoms in total. The number of allylic oxidation sites excluding steroid dienone is 3. The maximum atomic E-state index is 3.83. The lowest BCUT2D eigenvalue weighted by Crippen LogP contribution is -2.39. The number of likely N-dealkylation sites (N-methyl/N-ethyl adjacent to an activating group) is 1. The Hall–Kier alpha value is -0.820. The first-order valence-electron chi connectivity index (χ1n) is 4.60. The SMILES string of the molecule is C=C/C(=C\C=C/C)C(C)(C)N(C)C. The normalized spacial score (nSPS) is 14.2. The highest BCUT2D eigenvalue weighted by molar-refractivity contribution is 5.31. The minimum atomic E-state index is 0.0429. The van der Waals surface area contributed by atoms with Crippen molar-refractivity contribution < 1.29 is 0 Å². The molecule has 0 aliphatic heterocycles. The van der Waals surface area contributed by atoms with Gasteiger partial charge >= 0.3 is 0 Å². The van der Waals surface area contributed by atoms with Crippen molar-refractivity contribution in [3.8, 4) is 0 Å². The zero-order valence-electron chi connectivity index (χ0n) is 9.46. The predicted molar refractivity (Wildman–Crippen MR) is 60.9 cm³/mol. The van der Waals surface area contributed by atoms with E-state index < -0.39 is 0 Å². The van der Waals surface area contributed by atoms with Gasteiger partial charge in [0.1, 0.15) is 0 Å². The molecule has 0 aromatic carbocycles. The second-order valence-electron chi connectivity index (χ2n) is 3.81. The number of nitrogens with zero attached hydrogens (tertiary/aromatic N) is 1. The van der Waals surface area contributed by atoms with Crippen molar-refractivity contribution in [1.82, 2.24) is 4.90 Å². The Kier molecular flexibility index (Phi) is 4.71. The van der Waals surface area contributed by atoms with Gasteiger partial charge in [-0.05, 0) is 40.4 Å². The molecular weight excluding hydrogens is 158 g/mol. The van der Waals surface area contributed by atoms with Crippen molar-refractivity contribution in [2.45, 2.75) is 26.3 Å². The van der Waals surface area contributed by atoms with Gasteiger partial charge in [0, 0.05) is 5.54 Å². The van der Waals surface area contributed by atoms with Crippen LogP contribution in [0.25, 0.3) is 0 Å². The van der Waals surface area contributed by atoms with Gasteiger partial charge in [-0.2, -0.15) is 0 Å². The van der Waals surface area contributed by atoms with Crippen LogP contribution in [0.2, 0.25) is 0 Å². The van der Waals surface area contributed by atoms with Gasteiger partial charge < -0.3 is 4.90 Å². The molecule has 0 fully saturated rings. The number of hydrogen-bond acceptors (Lipinski definition) is 1. The van der Waals surface area contributed by atoms with Crippen LogP contribution in [0.1, 0.15) is 20.8 Å². The largest absolute Gasteiger partial charge is 0.300 e. The fraction of sp³-hybridized carbons (Fsp3) is 0.500. The van der Waals surface area contributed by atoms with Crippen molar-refractivity contribution in [2.24, 2.45) is 0 Å². The van der Waals surface area contributed by atoms with Crippen LogP contribution < -0.4 is 0 Å². The summed E-state index contributed by atoms with van der Waals surface area (Å²) in [5.74, 6) is 0. The van der Waals surface area contributed by atoms with Crippen molar-refractivity contribution in [3.05, 3.63) is 36.5 Å². The molecule has 0 heterocycles. The van der Waals surface area contributed by atoms with E-state index in [1.807, 2.05) is 25.2 Å². The van der Waals surface area contributed by atoms with Gasteiger partial charge in [-0.25, -0.2) is 0 Å². The first kappa shape index (κ1) is 12.2. The zero-order chi connectivity index (χ0) is 10.5. The standard InChI is InChI=1S/C12H21N/c1-7-9-10-11(8-2)12(3,4)13(5)6/h7-10H,2H2,1,3-6H3/b9-7-,11-10+. The molecule has 0 aliphatic carbocycles. The summed E-state index contributed by atoms with van der Waals surface area (Å²) in [6.45, 7) is 10.2. The summed E-state index contributed by atoms with van der Waals surface area (Å²) in [5, 5.41) is 0. The molecular formula is C12H21N. The highest BCUT2D eigenvalue weighted by Gasteiger charge is 2.22. The number of rotatable bonds is 4. The second kappa shape index (κ2) is 5.03. The van der Waals surface area contributed by atoms with E-state index in [-0.39, 0.29) is 5.54 Å². The van der Waals surface area contributed by atoms with Crippen LogP contribution in [-0.2, 0) is 0 Å². The summed E-state index contributed by atoms with van der Waals surface area (Å²) in [5.41, 5.74) is 1.27. The third-order valence-electron chi connectivity index (χ3n) is 2.51. The second-order valence-corrected chi connectivity index (χ2v) is 3.81. The molecule has 1 heteroatoms. The summed E-state index contributed by atoms with van der Waals surface area (Å²) in [6, 6.07) is 0. The predicted octanol–water partition coefficient (Wildman–Crippen LogP) is 3.02. The summed E-state index contributed by atoms with van der Waals surface area (Å²) >= 11 is 0. The Morgan fingerprint density at radius 2 is 1.85 bits per heavy atom. The fourth-order valence-corrected chi connectivity index (χ4v) is 0.980. The molecule has 0 aliphatic rings. The molecule has 0 saturated carbocycles. The molecule has 0 aromatic heterocycles. The van der Waals surface area contributed by atoms with Crippen molar-refractivity contribution in [1.29, 1.82) is 0 Å². The third-order valence-corrected chi connectivity index (χ3v) is 2.51. The van der Waals surface area contributed by atoms with Gasteiger partial charge in [-0.3, -0.25) is 0 Å². The van der Waals surface area contributed by atoms with Gasteiger partial charge in [0.25, 0.3) is 0 Å². The van der Waals surface area contributed by atoms with Crippen LogP contribution >= 0.6 is 0 Å². The molecule has 0 rings (SSSR count). The van der Waals surface area contributed by atoms with Crippen LogP contribution in [0.5, 0.6) is 0 Å². The van der Waals surface area contributed by atoms with Crippen molar-refractivity contribution >= 4 is 0 Å². The molecule has 0 saturated heterocycles. The lowest BCUT2D eigenvalue weighted by atomic mass is 9.92. The highest BCUT2D eigenvalue weighted by Crippen LogP contribution is 2.22. The average molecular weight is 179 g/mol. The fourth-order valence-electron chi connectivity index (χ4n) is 0.980. The Bertz CT molecular complexity index is 219. The summed E-state index contributed by atoms with van der Waals surface area (Å²) < 4.78 is 0.